The second kappa shape index (κ2) is 6.81. The van der Waals surface area contributed by atoms with Crippen LogP contribution in [-0.4, -0.2) is 24.0 Å². The summed E-state index contributed by atoms with van der Waals surface area (Å²) in [5, 5.41) is 10.1. The first kappa shape index (κ1) is 14.9. The highest BCUT2D eigenvalue weighted by molar-refractivity contribution is 5.90. The van der Waals surface area contributed by atoms with E-state index in [1.807, 2.05) is 30.3 Å². The fraction of sp³-hybridized carbons (Fsp3) is 0.176. The molecule has 4 nitrogen and oxygen atoms in total. The molecule has 0 saturated heterocycles. The van der Waals surface area contributed by atoms with Crippen LogP contribution in [0.25, 0.3) is 0 Å². The van der Waals surface area contributed by atoms with E-state index in [0.29, 0.717) is 11.1 Å². The minimum absolute atomic E-state index is 0.167. The molecular formula is C17H16O4. The molecule has 0 unspecified atom stereocenters. The van der Waals surface area contributed by atoms with Crippen LogP contribution in [0.3, 0.4) is 0 Å². The quantitative estimate of drug-likeness (QED) is 0.856. The molecule has 2 aromatic rings. The number of aliphatic hydroxyl groups is 1. The molecule has 108 valence electrons. The Morgan fingerprint density at radius 3 is 2.24 bits per heavy atom. The lowest BCUT2D eigenvalue weighted by molar-refractivity contribution is -0.126. The summed E-state index contributed by atoms with van der Waals surface area (Å²) in [6, 6.07) is 15.4. The molecule has 21 heavy (non-hydrogen) atoms. The summed E-state index contributed by atoms with van der Waals surface area (Å²) in [5.41, 5.74) is 1.69. The first-order valence-electron chi connectivity index (χ1n) is 6.55. The summed E-state index contributed by atoms with van der Waals surface area (Å²) < 4.78 is 4.59. The summed E-state index contributed by atoms with van der Waals surface area (Å²) in [5.74, 6) is -0.737. The normalized spacial score (nSPS) is 11.7. The number of benzene rings is 2. The Bertz CT molecular complexity index is 617. The molecule has 1 N–H and O–H groups in total. The molecule has 0 radical (unpaired) electrons. The Morgan fingerprint density at radius 2 is 1.67 bits per heavy atom. The van der Waals surface area contributed by atoms with Crippen LogP contribution in [0.4, 0.5) is 0 Å². The molecule has 0 heterocycles. The molecule has 0 saturated carbocycles. The number of methoxy groups -OCH3 is 1. The van der Waals surface area contributed by atoms with Gasteiger partial charge in [-0.15, -0.1) is 0 Å². The van der Waals surface area contributed by atoms with E-state index in [0.717, 1.165) is 5.56 Å². The Balaban J connectivity index is 2.07. The van der Waals surface area contributed by atoms with Crippen LogP contribution >= 0.6 is 0 Å². The minimum atomic E-state index is -1.20. The number of Topliss-reactive ketones (excluding diaryl/α,β-unsaturated/α-hetero) is 1. The largest absolute Gasteiger partial charge is 0.465 e. The van der Waals surface area contributed by atoms with Crippen molar-refractivity contribution in [2.75, 3.05) is 7.11 Å². The number of hydrogen-bond acceptors (Lipinski definition) is 4. The molecule has 2 aromatic carbocycles. The zero-order valence-corrected chi connectivity index (χ0v) is 11.7. The number of esters is 1. The first-order valence-corrected chi connectivity index (χ1v) is 6.55. The summed E-state index contributed by atoms with van der Waals surface area (Å²) in [6.07, 6.45) is -1.03. The van der Waals surface area contributed by atoms with Gasteiger partial charge in [0.2, 0.25) is 0 Å². The summed E-state index contributed by atoms with van der Waals surface area (Å²) in [4.78, 5) is 23.4. The second-order valence-corrected chi connectivity index (χ2v) is 4.64. The van der Waals surface area contributed by atoms with Crippen molar-refractivity contribution in [3.05, 3.63) is 71.3 Å². The topological polar surface area (TPSA) is 63.6 Å². The number of ketones is 1. The fourth-order valence-corrected chi connectivity index (χ4v) is 2.00. The highest BCUT2D eigenvalue weighted by Gasteiger charge is 2.18. The Morgan fingerprint density at radius 1 is 1.05 bits per heavy atom. The van der Waals surface area contributed by atoms with E-state index in [1.54, 1.807) is 12.1 Å². The van der Waals surface area contributed by atoms with Gasteiger partial charge in [-0.2, -0.15) is 0 Å². The van der Waals surface area contributed by atoms with Gasteiger partial charge in [0, 0.05) is 6.42 Å². The number of aliphatic hydroxyl groups excluding tert-OH is 1. The fourth-order valence-electron chi connectivity index (χ4n) is 2.00. The molecule has 1 atom stereocenters. The molecule has 0 amide bonds. The molecule has 4 heteroatoms. The Hall–Kier alpha value is -2.46. The number of rotatable bonds is 5. The van der Waals surface area contributed by atoms with E-state index in [-0.39, 0.29) is 12.2 Å². The maximum atomic E-state index is 12.0. The SMILES string of the molecule is COC(=O)c1ccc([C@H](O)C(=O)Cc2ccccc2)cc1. The van der Waals surface area contributed by atoms with Gasteiger partial charge >= 0.3 is 5.97 Å². The Labute approximate surface area is 123 Å². The van der Waals surface area contributed by atoms with Crippen LogP contribution in [0.1, 0.15) is 27.6 Å². The first-order chi connectivity index (χ1) is 10.1. The third kappa shape index (κ3) is 3.77. The van der Waals surface area contributed by atoms with Gasteiger partial charge in [-0.25, -0.2) is 4.79 Å². The van der Waals surface area contributed by atoms with Crippen LogP contribution in [0.15, 0.2) is 54.6 Å². The molecule has 0 aromatic heterocycles. The lowest BCUT2D eigenvalue weighted by atomic mass is 9.99. The standard InChI is InChI=1S/C17H16O4/c1-21-17(20)14-9-7-13(8-10-14)16(19)15(18)11-12-5-3-2-4-6-12/h2-10,16,19H,11H2,1H3/t16-/m0/s1. The van der Waals surface area contributed by atoms with Crippen LogP contribution in [0, 0.1) is 0 Å². The van der Waals surface area contributed by atoms with E-state index in [9.17, 15) is 14.7 Å². The summed E-state index contributed by atoms with van der Waals surface area (Å²) in [6.45, 7) is 0. The van der Waals surface area contributed by atoms with Crippen molar-refractivity contribution in [2.24, 2.45) is 0 Å². The molecule has 0 fully saturated rings. The van der Waals surface area contributed by atoms with Gasteiger partial charge in [0.05, 0.1) is 12.7 Å². The van der Waals surface area contributed by atoms with Gasteiger partial charge in [-0.1, -0.05) is 42.5 Å². The molecule has 0 aliphatic carbocycles. The van der Waals surface area contributed by atoms with E-state index >= 15 is 0 Å². The predicted octanol–water partition coefficient (Wildman–Crippen LogP) is 2.32. The lowest BCUT2D eigenvalue weighted by Gasteiger charge is -2.10. The third-order valence-corrected chi connectivity index (χ3v) is 3.17. The predicted molar refractivity (Wildman–Crippen MR) is 77.9 cm³/mol. The van der Waals surface area contributed by atoms with Crippen LogP contribution in [0.2, 0.25) is 0 Å². The van der Waals surface area contributed by atoms with Crippen molar-refractivity contribution in [3.8, 4) is 0 Å². The lowest BCUT2D eigenvalue weighted by Crippen LogP contribution is -2.14. The van der Waals surface area contributed by atoms with E-state index in [2.05, 4.69) is 4.74 Å². The second-order valence-electron chi connectivity index (χ2n) is 4.64. The molecule has 2 rings (SSSR count). The van der Waals surface area contributed by atoms with Crippen molar-refractivity contribution in [1.29, 1.82) is 0 Å². The van der Waals surface area contributed by atoms with Gasteiger partial charge in [-0.05, 0) is 23.3 Å². The zero-order valence-electron chi connectivity index (χ0n) is 11.7. The smallest absolute Gasteiger partial charge is 0.337 e. The molecular weight excluding hydrogens is 268 g/mol. The van der Waals surface area contributed by atoms with Crippen molar-refractivity contribution < 1.29 is 19.4 Å². The minimum Gasteiger partial charge on any atom is -0.465 e. The zero-order chi connectivity index (χ0) is 15.2. The Kier molecular flexibility index (Phi) is 4.85. The number of carbonyl (C=O) groups excluding carboxylic acids is 2. The van der Waals surface area contributed by atoms with Gasteiger partial charge in [0.25, 0.3) is 0 Å². The van der Waals surface area contributed by atoms with Gasteiger partial charge in [0.15, 0.2) is 5.78 Å². The average Bonchev–Trinajstić information content (AvgIpc) is 2.54. The molecule has 0 spiro atoms. The maximum absolute atomic E-state index is 12.0. The van der Waals surface area contributed by atoms with Crippen molar-refractivity contribution in [1.82, 2.24) is 0 Å². The van der Waals surface area contributed by atoms with Crippen LogP contribution in [-0.2, 0) is 16.0 Å². The average molecular weight is 284 g/mol. The van der Waals surface area contributed by atoms with Gasteiger partial charge < -0.3 is 9.84 Å². The molecule has 0 bridgehead atoms. The van der Waals surface area contributed by atoms with Gasteiger partial charge in [-0.3, -0.25) is 4.79 Å². The number of hydrogen-bond donors (Lipinski definition) is 1. The monoisotopic (exact) mass is 284 g/mol. The van der Waals surface area contributed by atoms with Crippen LogP contribution < -0.4 is 0 Å². The van der Waals surface area contributed by atoms with Crippen molar-refractivity contribution in [3.63, 3.8) is 0 Å². The van der Waals surface area contributed by atoms with Crippen molar-refractivity contribution in [2.45, 2.75) is 12.5 Å². The highest BCUT2D eigenvalue weighted by atomic mass is 16.5. The van der Waals surface area contributed by atoms with Crippen LogP contribution in [0.5, 0.6) is 0 Å². The number of carbonyl (C=O) groups is 2. The molecule has 0 aliphatic heterocycles. The van der Waals surface area contributed by atoms with E-state index in [1.165, 1.54) is 19.2 Å². The van der Waals surface area contributed by atoms with Crippen molar-refractivity contribution >= 4 is 11.8 Å². The maximum Gasteiger partial charge on any atom is 0.337 e. The number of ether oxygens (including phenoxy) is 1. The van der Waals surface area contributed by atoms with E-state index < -0.39 is 12.1 Å². The summed E-state index contributed by atoms with van der Waals surface area (Å²) in [7, 11) is 1.30. The third-order valence-electron chi connectivity index (χ3n) is 3.17. The highest BCUT2D eigenvalue weighted by Crippen LogP contribution is 2.17. The van der Waals surface area contributed by atoms with Gasteiger partial charge in [0.1, 0.15) is 6.10 Å². The molecule has 0 aliphatic rings. The summed E-state index contributed by atoms with van der Waals surface area (Å²) >= 11 is 0. The van der Waals surface area contributed by atoms with E-state index in [4.69, 9.17) is 0 Å².